The Kier molecular flexibility index (Phi) is 6.16. The largest absolute Gasteiger partial charge is 0.298 e. The number of aromatic nitrogens is 1. The Morgan fingerprint density at radius 1 is 1.03 bits per heavy atom. The van der Waals surface area contributed by atoms with Crippen molar-refractivity contribution in [2.45, 2.75) is 38.6 Å². The minimum Gasteiger partial charge on any atom is -0.298 e. The van der Waals surface area contributed by atoms with Crippen LogP contribution in [0.25, 0.3) is 11.3 Å². The van der Waals surface area contributed by atoms with E-state index in [1.54, 1.807) is 13.8 Å². The molecule has 0 radical (unpaired) electrons. The van der Waals surface area contributed by atoms with E-state index < -0.39 is 10.0 Å². The minimum atomic E-state index is -3.59. The van der Waals surface area contributed by atoms with Crippen molar-refractivity contribution >= 4 is 32.4 Å². The van der Waals surface area contributed by atoms with Gasteiger partial charge in [0.2, 0.25) is 10.0 Å². The van der Waals surface area contributed by atoms with Crippen LogP contribution in [0.1, 0.15) is 35.3 Å². The molecule has 1 heterocycles. The van der Waals surface area contributed by atoms with Gasteiger partial charge in [-0.3, -0.25) is 10.1 Å². The molecule has 0 spiro atoms. The summed E-state index contributed by atoms with van der Waals surface area (Å²) in [6.07, 6.45) is 0. The number of rotatable bonds is 6. The molecule has 2 N–H and O–H groups in total. The number of aryl methyl sites for hydroxylation is 2. The quantitative estimate of drug-likeness (QED) is 0.609. The van der Waals surface area contributed by atoms with Crippen LogP contribution in [0.3, 0.4) is 0 Å². The lowest BCUT2D eigenvalue weighted by Gasteiger charge is -2.10. The number of carbonyl (C=O) groups is 1. The van der Waals surface area contributed by atoms with Crippen molar-refractivity contribution in [3.05, 3.63) is 64.5 Å². The summed E-state index contributed by atoms with van der Waals surface area (Å²) >= 11 is 1.34. The number of amides is 1. The molecule has 2 aromatic carbocycles. The number of carbonyl (C=O) groups excluding carboxylic acids is 1. The first-order valence-corrected chi connectivity index (χ1v) is 11.5. The third kappa shape index (κ3) is 5.09. The van der Waals surface area contributed by atoms with Gasteiger partial charge in [-0.15, -0.1) is 11.3 Å². The summed E-state index contributed by atoms with van der Waals surface area (Å²) in [5.74, 6) is -0.341. The lowest BCUT2D eigenvalue weighted by Crippen LogP contribution is -2.30. The third-order valence-corrected chi connectivity index (χ3v) is 6.78. The average Bonchev–Trinajstić information content (AvgIpc) is 3.11. The summed E-state index contributed by atoms with van der Waals surface area (Å²) in [5.41, 5.74) is 4.55. The fourth-order valence-electron chi connectivity index (χ4n) is 2.70. The Bertz CT molecular complexity index is 1130. The van der Waals surface area contributed by atoms with Gasteiger partial charge in [-0.1, -0.05) is 12.1 Å². The number of anilines is 1. The van der Waals surface area contributed by atoms with Gasteiger partial charge in [0.05, 0.1) is 10.6 Å². The zero-order chi connectivity index (χ0) is 21.2. The number of benzene rings is 2. The van der Waals surface area contributed by atoms with E-state index in [4.69, 9.17) is 0 Å². The van der Waals surface area contributed by atoms with E-state index in [1.807, 2.05) is 17.5 Å². The van der Waals surface area contributed by atoms with Crippen molar-refractivity contribution < 1.29 is 13.2 Å². The van der Waals surface area contributed by atoms with Crippen LogP contribution < -0.4 is 10.0 Å². The molecule has 1 amide bonds. The van der Waals surface area contributed by atoms with Gasteiger partial charge < -0.3 is 0 Å². The van der Waals surface area contributed by atoms with Gasteiger partial charge >= 0.3 is 0 Å². The molecule has 0 unspecified atom stereocenters. The number of nitrogens with one attached hydrogen (secondary N) is 2. The Hall–Kier alpha value is -2.55. The van der Waals surface area contributed by atoms with E-state index >= 15 is 0 Å². The first kappa shape index (κ1) is 21.2. The summed E-state index contributed by atoms with van der Waals surface area (Å²) in [4.78, 5) is 17.1. The van der Waals surface area contributed by atoms with E-state index in [0.29, 0.717) is 10.7 Å². The molecule has 0 aliphatic carbocycles. The fraction of sp³-hybridized carbons (Fsp3) is 0.238. The number of thiazole rings is 1. The van der Waals surface area contributed by atoms with Gasteiger partial charge in [-0.25, -0.2) is 18.1 Å². The van der Waals surface area contributed by atoms with Crippen molar-refractivity contribution in [3.63, 3.8) is 0 Å². The predicted molar refractivity (Wildman–Crippen MR) is 117 cm³/mol. The second-order valence-corrected chi connectivity index (χ2v) is 9.66. The molecule has 0 fully saturated rings. The smallest absolute Gasteiger partial charge is 0.257 e. The summed E-state index contributed by atoms with van der Waals surface area (Å²) in [5, 5.41) is 5.15. The molecule has 8 heteroatoms. The zero-order valence-corrected chi connectivity index (χ0v) is 18.3. The van der Waals surface area contributed by atoms with E-state index in [0.717, 1.165) is 11.3 Å². The van der Waals surface area contributed by atoms with Crippen molar-refractivity contribution in [2.75, 3.05) is 5.32 Å². The van der Waals surface area contributed by atoms with E-state index in [2.05, 4.69) is 34.9 Å². The molecule has 3 aromatic rings. The summed E-state index contributed by atoms with van der Waals surface area (Å²) in [6.45, 7) is 7.61. The highest BCUT2D eigenvalue weighted by molar-refractivity contribution is 7.89. The van der Waals surface area contributed by atoms with Crippen LogP contribution in [0.2, 0.25) is 0 Å². The highest BCUT2D eigenvalue weighted by Gasteiger charge is 2.16. The maximum absolute atomic E-state index is 12.5. The molecular weight excluding hydrogens is 406 g/mol. The molecule has 29 heavy (non-hydrogen) atoms. The lowest BCUT2D eigenvalue weighted by molar-refractivity contribution is 0.102. The monoisotopic (exact) mass is 429 g/mol. The second kappa shape index (κ2) is 8.44. The van der Waals surface area contributed by atoms with Gasteiger partial charge in [0.15, 0.2) is 5.13 Å². The zero-order valence-electron chi connectivity index (χ0n) is 16.7. The van der Waals surface area contributed by atoms with Crippen molar-refractivity contribution in [1.82, 2.24) is 9.71 Å². The Labute approximate surface area is 175 Å². The molecule has 6 nitrogen and oxygen atoms in total. The van der Waals surface area contributed by atoms with Crippen LogP contribution in [-0.2, 0) is 10.0 Å². The van der Waals surface area contributed by atoms with Crippen LogP contribution in [0.5, 0.6) is 0 Å². The number of nitrogens with zero attached hydrogens (tertiary/aromatic N) is 1. The van der Waals surface area contributed by atoms with Gasteiger partial charge in [0.1, 0.15) is 0 Å². The van der Waals surface area contributed by atoms with Crippen LogP contribution >= 0.6 is 11.3 Å². The minimum absolute atomic E-state index is 0.119. The standard InChI is InChI=1S/C21H23N3O3S2/c1-13(2)24-29(26,27)18-9-7-16(8-10-18)20(25)23-21-22-19(12-28-21)17-6-5-14(3)15(4)11-17/h5-13,24H,1-4H3,(H,22,23,25). The van der Waals surface area contributed by atoms with E-state index in [-0.39, 0.29) is 16.8 Å². The third-order valence-electron chi connectivity index (χ3n) is 4.34. The number of sulfonamides is 1. The van der Waals surface area contributed by atoms with Crippen molar-refractivity contribution in [1.29, 1.82) is 0 Å². The Balaban J connectivity index is 1.72. The first-order chi connectivity index (χ1) is 13.7. The predicted octanol–water partition coefficient (Wildman–Crippen LogP) is 4.37. The summed E-state index contributed by atoms with van der Waals surface area (Å²) in [6, 6.07) is 11.7. The van der Waals surface area contributed by atoms with Crippen LogP contribution in [0.4, 0.5) is 5.13 Å². The second-order valence-electron chi connectivity index (χ2n) is 7.09. The highest BCUT2D eigenvalue weighted by Crippen LogP contribution is 2.26. The summed E-state index contributed by atoms with van der Waals surface area (Å²) in [7, 11) is -3.59. The molecule has 0 atom stereocenters. The maximum atomic E-state index is 12.5. The normalized spacial score (nSPS) is 11.6. The number of hydrogen-bond donors (Lipinski definition) is 2. The molecule has 3 rings (SSSR count). The Morgan fingerprint density at radius 3 is 2.34 bits per heavy atom. The molecule has 0 saturated heterocycles. The van der Waals surface area contributed by atoms with E-state index in [1.165, 1.54) is 46.7 Å². The topological polar surface area (TPSA) is 88.2 Å². The molecule has 0 saturated carbocycles. The number of hydrogen-bond acceptors (Lipinski definition) is 5. The van der Waals surface area contributed by atoms with E-state index in [9.17, 15) is 13.2 Å². The first-order valence-electron chi connectivity index (χ1n) is 9.12. The molecule has 152 valence electrons. The van der Waals surface area contributed by atoms with Crippen molar-refractivity contribution in [3.8, 4) is 11.3 Å². The molecule has 1 aromatic heterocycles. The molecule has 0 aliphatic heterocycles. The van der Waals surface area contributed by atoms with Crippen LogP contribution in [0, 0.1) is 13.8 Å². The highest BCUT2D eigenvalue weighted by atomic mass is 32.2. The molecule has 0 bridgehead atoms. The fourth-order valence-corrected chi connectivity index (χ4v) is 4.66. The molecule has 0 aliphatic rings. The van der Waals surface area contributed by atoms with Crippen LogP contribution in [-0.4, -0.2) is 25.4 Å². The van der Waals surface area contributed by atoms with Gasteiger partial charge in [0, 0.05) is 22.5 Å². The SMILES string of the molecule is Cc1ccc(-c2csc(NC(=O)c3ccc(S(=O)(=O)NC(C)C)cc3)n2)cc1C. The van der Waals surface area contributed by atoms with Crippen molar-refractivity contribution in [2.24, 2.45) is 0 Å². The average molecular weight is 430 g/mol. The Morgan fingerprint density at radius 2 is 1.72 bits per heavy atom. The van der Waals surface area contributed by atoms with Gasteiger partial charge in [-0.05, 0) is 69.2 Å². The summed E-state index contributed by atoms with van der Waals surface area (Å²) < 4.78 is 26.9. The molecular formula is C21H23N3O3S2. The van der Waals surface area contributed by atoms with Gasteiger partial charge in [0.25, 0.3) is 5.91 Å². The van der Waals surface area contributed by atoms with Gasteiger partial charge in [-0.2, -0.15) is 0 Å². The maximum Gasteiger partial charge on any atom is 0.257 e. The lowest BCUT2D eigenvalue weighted by atomic mass is 10.1. The van der Waals surface area contributed by atoms with Crippen LogP contribution in [0.15, 0.2) is 52.7 Å².